The molecule has 0 saturated heterocycles. The Balaban J connectivity index is 1.74. The molecule has 1 amide bonds. The number of methoxy groups -OCH3 is 1. The van der Waals surface area contributed by atoms with E-state index in [1.807, 2.05) is 35.1 Å². The fourth-order valence-corrected chi connectivity index (χ4v) is 3.44. The predicted octanol–water partition coefficient (Wildman–Crippen LogP) is 3.96. The van der Waals surface area contributed by atoms with Crippen molar-refractivity contribution < 1.29 is 23.0 Å². The fourth-order valence-electron chi connectivity index (χ4n) is 2.97. The highest BCUT2D eigenvalue weighted by molar-refractivity contribution is 7.98. The molecule has 7 nitrogen and oxygen atoms in total. The Kier molecular flexibility index (Phi) is 7.82. The first-order valence-corrected chi connectivity index (χ1v) is 10.8. The Labute approximate surface area is 182 Å². The van der Waals surface area contributed by atoms with E-state index in [2.05, 4.69) is 20.3 Å². The molecular formula is C21H22F2N4O3S. The minimum absolute atomic E-state index is 0.0742. The van der Waals surface area contributed by atoms with Gasteiger partial charge in [-0.2, -0.15) is 20.5 Å². The summed E-state index contributed by atoms with van der Waals surface area (Å²) < 4.78 is 36.2. The summed E-state index contributed by atoms with van der Waals surface area (Å²) in [6.45, 7) is -2.95. The molecule has 164 valence electrons. The molecule has 0 aliphatic rings. The van der Waals surface area contributed by atoms with E-state index < -0.39 is 6.61 Å². The summed E-state index contributed by atoms with van der Waals surface area (Å²) in [7, 11) is 1.35. The number of fused-ring (bicyclic) bond motifs is 1. The van der Waals surface area contributed by atoms with E-state index in [1.54, 1.807) is 23.9 Å². The van der Waals surface area contributed by atoms with Crippen LogP contribution in [0, 0.1) is 0 Å². The van der Waals surface area contributed by atoms with Crippen LogP contribution in [0.5, 0.6) is 11.5 Å². The zero-order valence-corrected chi connectivity index (χ0v) is 17.8. The van der Waals surface area contributed by atoms with Crippen LogP contribution >= 0.6 is 11.8 Å². The van der Waals surface area contributed by atoms with E-state index >= 15 is 0 Å². The van der Waals surface area contributed by atoms with Crippen LogP contribution in [0.15, 0.2) is 48.7 Å². The van der Waals surface area contributed by atoms with Gasteiger partial charge in [-0.1, -0.05) is 12.1 Å². The SMILES string of the molecule is COc1cc(/C=C/C(=O)NC(CCSC)c2nnc3ccccn23)ccc1OC(F)F. The molecule has 2 heterocycles. The Morgan fingerprint density at radius 3 is 2.84 bits per heavy atom. The first-order valence-electron chi connectivity index (χ1n) is 9.42. The van der Waals surface area contributed by atoms with Gasteiger partial charge in [0.15, 0.2) is 23.0 Å². The monoisotopic (exact) mass is 448 g/mol. The van der Waals surface area contributed by atoms with Crippen molar-refractivity contribution in [1.29, 1.82) is 0 Å². The van der Waals surface area contributed by atoms with E-state index in [1.165, 1.54) is 25.3 Å². The lowest BCUT2D eigenvalue weighted by molar-refractivity contribution is -0.117. The number of amides is 1. The maximum Gasteiger partial charge on any atom is 0.387 e. The van der Waals surface area contributed by atoms with Crippen LogP contribution < -0.4 is 14.8 Å². The molecule has 0 spiro atoms. The van der Waals surface area contributed by atoms with Gasteiger partial charge >= 0.3 is 6.61 Å². The summed E-state index contributed by atoms with van der Waals surface area (Å²) in [4.78, 5) is 12.6. The first kappa shape index (κ1) is 22.5. The number of hydrogen-bond donors (Lipinski definition) is 1. The van der Waals surface area contributed by atoms with Gasteiger partial charge in [0.05, 0.1) is 13.2 Å². The molecule has 0 saturated carbocycles. The lowest BCUT2D eigenvalue weighted by Gasteiger charge is -2.16. The number of aromatic nitrogens is 3. The van der Waals surface area contributed by atoms with Crippen LogP contribution in [0.2, 0.25) is 0 Å². The summed E-state index contributed by atoms with van der Waals surface area (Å²) in [5, 5.41) is 11.4. The van der Waals surface area contributed by atoms with E-state index in [4.69, 9.17) is 4.74 Å². The van der Waals surface area contributed by atoms with Crippen molar-refractivity contribution in [2.24, 2.45) is 0 Å². The number of carbonyl (C=O) groups is 1. The van der Waals surface area contributed by atoms with E-state index in [0.29, 0.717) is 23.5 Å². The van der Waals surface area contributed by atoms with E-state index in [0.717, 1.165) is 5.75 Å². The molecule has 3 aromatic rings. The van der Waals surface area contributed by atoms with Crippen LogP contribution in [0.4, 0.5) is 8.78 Å². The van der Waals surface area contributed by atoms with Crippen LogP contribution in [-0.2, 0) is 4.79 Å². The number of hydrogen-bond acceptors (Lipinski definition) is 6. The third-order valence-corrected chi connectivity index (χ3v) is 5.05. The smallest absolute Gasteiger partial charge is 0.387 e. The largest absolute Gasteiger partial charge is 0.493 e. The molecule has 0 bridgehead atoms. The van der Waals surface area contributed by atoms with Crippen LogP contribution in [0.3, 0.4) is 0 Å². The Morgan fingerprint density at radius 2 is 2.10 bits per heavy atom. The number of nitrogens with zero attached hydrogens (tertiary/aromatic N) is 3. The summed E-state index contributed by atoms with van der Waals surface area (Å²) >= 11 is 1.67. The lowest BCUT2D eigenvalue weighted by atomic mass is 10.1. The molecule has 0 fully saturated rings. The van der Waals surface area contributed by atoms with Gasteiger partial charge in [-0.15, -0.1) is 10.2 Å². The highest BCUT2D eigenvalue weighted by atomic mass is 32.2. The van der Waals surface area contributed by atoms with Crippen LogP contribution in [0.1, 0.15) is 23.9 Å². The Morgan fingerprint density at radius 1 is 1.26 bits per heavy atom. The van der Waals surface area contributed by atoms with Crippen molar-refractivity contribution in [3.63, 3.8) is 0 Å². The molecule has 3 rings (SSSR count). The summed E-state index contributed by atoms with van der Waals surface area (Å²) in [5.74, 6) is 1.25. The zero-order chi connectivity index (χ0) is 22.2. The van der Waals surface area contributed by atoms with Gasteiger partial charge in [0.2, 0.25) is 5.91 Å². The number of benzene rings is 1. The molecule has 31 heavy (non-hydrogen) atoms. The molecule has 0 radical (unpaired) electrons. The summed E-state index contributed by atoms with van der Waals surface area (Å²) in [6, 6.07) is 9.71. The number of rotatable bonds is 10. The van der Waals surface area contributed by atoms with Gasteiger partial charge in [-0.3, -0.25) is 9.20 Å². The molecule has 1 N–H and O–H groups in total. The molecular weight excluding hydrogens is 426 g/mol. The van der Waals surface area contributed by atoms with Gasteiger partial charge < -0.3 is 14.8 Å². The number of halogens is 2. The normalized spacial score (nSPS) is 12.4. The number of thioether (sulfide) groups is 1. The highest BCUT2D eigenvalue weighted by Crippen LogP contribution is 2.29. The molecule has 10 heteroatoms. The summed E-state index contributed by atoms with van der Waals surface area (Å²) in [6.07, 6.45) is 7.47. The quantitative estimate of drug-likeness (QED) is 0.473. The van der Waals surface area contributed by atoms with Crippen molar-refractivity contribution in [1.82, 2.24) is 19.9 Å². The first-order chi connectivity index (χ1) is 15.0. The second kappa shape index (κ2) is 10.8. The van der Waals surface area contributed by atoms with Gasteiger partial charge in [0, 0.05) is 12.3 Å². The number of nitrogens with one attached hydrogen (secondary N) is 1. The van der Waals surface area contributed by atoms with Gasteiger partial charge in [0.1, 0.15) is 0 Å². The van der Waals surface area contributed by atoms with E-state index in [-0.39, 0.29) is 23.4 Å². The fraction of sp³-hybridized carbons (Fsp3) is 0.286. The molecule has 1 aromatic carbocycles. The number of ether oxygens (including phenoxy) is 2. The van der Waals surface area contributed by atoms with Crippen molar-refractivity contribution in [3.05, 3.63) is 60.1 Å². The standard InChI is InChI=1S/C21H22F2N4O3S/c1-29-17-13-14(6-8-16(17)30-21(22)23)7-9-19(28)24-15(10-12-31-2)20-26-25-18-5-3-4-11-27(18)20/h3-9,11,13,15,21H,10,12H2,1-2H3,(H,24,28)/b9-7+. The molecule has 2 aromatic heterocycles. The number of carbonyl (C=O) groups excluding carboxylic acids is 1. The van der Waals surface area contributed by atoms with Crippen molar-refractivity contribution in [2.45, 2.75) is 19.1 Å². The van der Waals surface area contributed by atoms with Crippen LogP contribution in [-0.4, -0.2) is 46.2 Å². The second-order valence-corrected chi connectivity index (χ2v) is 7.44. The second-order valence-electron chi connectivity index (χ2n) is 6.45. The number of alkyl halides is 2. The molecule has 1 atom stereocenters. The lowest BCUT2D eigenvalue weighted by Crippen LogP contribution is -2.29. The maximum atomic E-state index is 12.6. The summed E-state index contributed by atoms with van der Waals surface area (Å²) in [5.41, 5.74) is 1.30. The predicted molar refractivity (Wildman–Crippen MR) is 116 cm³/mol. The highest BCUT2D eigenvalue weighted by Gasteiger charge is 2.19. The Hall–Kier alpha value is -3.14. The third-order valence-electron chi connectivity index (χ3n) is 4.41. The van der Waals surface area contributed by atoms with E-state index in [9.17, 15) is 13.6 Å². The molecule has 1 unspecified atom stereocenters. The minimum Gasteiger partial charge on any atom is -0.493 e. The van der Waals surface area contributed by atoms with Crippen molar-refractivity contribution in [3.8, 4) is 11.5 Å². The van der Waals surface area contributed by atoms with Gasteiger partial charge in [0.25, 0.3) is 0 Å². The minimum atomic E-state index is -2.95. The topological polar surface area (TPSA) is 77.8 Å². The van der Waals surface area contributed by atoms with Crippen molar-refractivity contribution >= 4 is 29.4 Å². The van der Waals surface area contributed by atoms with Gasteiger partial charge in [-0.25, -0.2) is 0 Å². The van der Waals surface area contributed by atoms with Crippen LogP contribution in [0.25, 0.3) is 11.7 Å². The maximum absolute atomic E-state index is 12.6. The average molecular weight is 448 g/mol. The zero-order valence-electron chi connectivity index (χ0n) is 17.0. The third kappa shape index (κ3) is 5.94. The molecule has 0 aliphatic heterocycles. The van der Waals surface area contributed by atoms with Gasteiger partial charge in [-0.05, 0) is 54.3 Å². The average Bonchev–Trinajstić information content (AvgIpc) is 3.19. The Bertz CT molecular complexity index is 1060. The molecule has 0 aliphatic carbocycles. The van der Waals surface area contributed by atoms with Crippen molar-refractivity contribution in [2.75, 3.05) is 19.1 Å². The number of pyridine rings is 1.